The van der Waals surface area contributed by atoms with Crippen molar-refractivity contribution in [1.29, 1.82) is 0 Å². The van der Waals surface area contributed by atoms with E-state index >= 15 is 0 Å². The van der Waals surface area contributed by atoms with Gasteiger partial charge in [-0.05, 0) is 37.8 Å². The third kappa shape index (κ3) is 5.61. The highest BCUT2D eigenvalue weighted by atomic mass is 16.7. The summed E-state index contributed by atoms with van der Waals surface area (Å²) in [4.78, 5) is 0. The lowest BCUT2D eigenvalue weighted by Gasteiger charge is -2.21. The lowest BCUT2D eigenvalue weighted by molar-refractivity contribution is -0.133. The van der Waals surface area contributed by atoms with Gasteiger partial charge in [-0.2, -0.15) is 0 Å². The molecule has 1 rings (SSSR count). The van der Waals surface area contributed by atoms with E-state index in [4.69, 9.17) is 9.47 Å². The quantitative estimate of drug-likeness (QED) is 0.696. The van der Waals surface area contributed by atoms with Gasteiger partial charge in [-0.15, -0.1) is 0 Å². The predicted octanol–water partition coefficient (Wildman–Crippen LogP) is 3.86. The van der Waals surface area contributed by atoms with Gasteiger partial charge in [-0.1, -0.05) is 38.1 Å². The zero-order chi connectivity index (χ0) is 15.0. The minimum atomic E-state index is -0.164. The largest absolute Gasteiger partial charge is 0.352 e. The maximum Gasteiger partial charge on any atom is 0.169 e. The van der Waals surface area contributed by atoms with Gasteiger partial charge in [0, 0.05) is 25.8 Å². The minimum absolute atomic E-state index is 0.164. The Hall–Kier alpha value is -0.900. The van der Waals surface area contributed by atoms with Crippen molar-refractivity contribution in [3.8, 4) is 0 Å². The molecule has 1 atom stereocenters. The fourth-order valence-corrected chi connectivity index (χ4v) is 2.10. The first-order chi connectivity index (χ1) is 9.58. The Labute approximate surface area is 123 Å². The second-order valence-corrected chi connectivity index (χ2v) is 5.29. The Morgan fingerprint density at radius 1 is 0.900 bits per heavy atom. The molecule has 3 nitrogen and oxygen atoms in total. The van der Waals surface area contributed by atoms with Crippen LogP contribution in [0.1, 0.15) is 57.7 Å². The van der Waals surface area contributed by atoms with Crippen LogP contribution in [-0.2, 0) is 9.47 Å². The number of hydrogen-bond acceptors (Lipinski definition) is 3. The third-order valence-corrected chi connectivity index (χ3v) is 3.40. The molecule has 0 spiro atoms. The third-order valence-electron chi connectivity index (χ3n) is 3.40. The van der Waals surface area contributed by atoms with Gasteiger partial charge in [0.15, 0.2) is 6.29 Å². The molecule has 0 amide bonds. The van der Waals surface area contributed by atoms with E-state index in [1.807, 2.05) is 13.8 Å². The van der Waals surface area contributed by atoms with Gasteiger partial charge in [-0.3, -0.25) is 0 Å². The lowest BCUT2D eigenvalue weighted by Crippen LogP contribution is -2.33. The Morgan fingerprint density at radius 3 is 1.85 bits per heavy atom. The molecule has 20 heavy (non-hydrogen) atoms. The van der Waals surface area contributed by atoms with Crippen LogP contribution in [0.4, 0.5) is 0 Å². The van der Waals surface area contributed by atoms with Crippen molar-refractivity contribution in [2.24, 2.45) is 0 Å². The van der Waals surface area contributed by atoms with Crippen LogP contribution < -0.4 is 5.32 Å². The van der Waals surface area contributed by atoms with Crippen molar-refractivity contribution in [2.45, 2.75) is 52.9 Å². The smallest absolute Gasteiger partial charge is 0.169 e. The van der Waals surface area contributed by atoms with Crippen LogP contribution in [0, 0.1) is 0 Å². The summed E-state index contributed by atoms with van der Waals surface area (Å²) in [6.07, 6.45) is -0.164. The number of hydrogen-bond donors (Lipinski definition) is 1. The number of benzene rings is 1. The summed E-state index contributed by atoms with van der Waals surface area (Å²) in [7, 11) is 0. The Bertz CT molecular complexity index is 356. The number of nitrogens with one attached hydrogen (secondary N) is 1. The van der Waals surface area contributed by atoms with Crippen molar-refractivity contribution in [1.82, 2.24) is 5.32 Å². The van der Waals surface area contributed by atoms with E-state index < -0.39 is 0 Å². The van der Waals surface area contributed by atoms with Gasteiger partial charge in [0.2, 0.25) is 0 Å². The summed E-state index contributed by atoms with van der Waals surface area (Å²) in [5.74, 6) is 0.576. The molecule has 0 radical (unpaired) electrons. The van der Waals surface area contributed by atoms with Crippen LogP contribution >= 0.6 is 0 Å². The topological polar surface area (TPSA) is 30.5 Å². The SMILES string of the molecule is CCOC(CNC(C)c1ccc(C(C)C)cc1)OCC. The molecule has 0 fully saturated rings. The average Bonchev–Trinajstić information content (AvgIpc) is 2.45. The van der Waals surface area contributed by atoms with Crippen molar-refractivity contribution in [2.75, 3.05) is 19.8 Å². The summed E-state index contributed by atoms with van der Waals surface area (Å²) in [5.41, 5.74) is 2.67. The van der Waals surface area contributed by atoms with Gasteiger partial charge in [-0.25, -0.2) is 0 Å². The molecule has 0 aliphatic heterocycles. The van der Waals surface area contributed by atoms with Crippen LogP contribution in [0.3, 0.4) is 0 Å². The molecule has 0 saturated carbocycles. The normalized spacial score (nSPS) is 13.2. The summed E-state index contributed by atoms with van der Waals surface area (Å²) >= 11 is 0. The zero-order valence-electron chi connectivity index (χ0n) is 13.5. The molecule has 1 N–H and O–H groups in total. The van der Waals surface area contributed by atoms with E-state index in [-0.39, 0.29) is 6.29 Å². The predicted molar refractivity (Wildman–Crippen MR) is 84.0 cm³/mol. The maximum atomic E-state index is 5.53. The molecule has 0 aromatic heterocycles. The molecule has 114 valence electrons. The number of ether oxygens (including phenoxy) is 2. The summed E-state index contributed by atoms with van der Waals surface area (Å²) in [6, 6.07) is 9.11. The molecule has 0 aliphatic carbocycles. The van der Waals surface area contributed by atoms with E-state index in [0.717, 1.165) is 0 Å². The van der Waals surface area contributed by atoms with Gasteiger partial charge in [0.05, 0.1) is 0 Å². The van der Waals surface area contributed by atoms with Crippen LogP contribution in [-0.4, -0.2) is 26.0 Å². The molecule has 0 saturated heterocycles. The van der Waals surface area contributed by atoms with Crippen LogP contribution in [0.2, 0.25) is 0 Å². The van der Waals surface area contributed by atoms with Crippen molar-refractivity contribution in [3.63, 3.8) is 0 Å². The highest BCUT2D eigenvalue weighted by Gasteiger charge is 2.11. The Balaban J connectivity index is 2.50. The molecule has 1 aromatic rings. The van der Waals surface area contributed by atoms with E-state index in [1.54, 1.807) is 0 Å². The number of rotatable bonds is 9. The summed E-state index contributed by atoms with van der Waals surface area (Å²) < 4.78 is 11.1. The van der Waals surface area contributed by atoms with Crippen molar-refractivity contribution >= 4 is 0 Å². The second kappa shape index (κ2) is 9.11. The first-order valence-electron chi connectivity index (χ1n) is 7.64. The Kier molecular flexibility index (Phi) is 7.82. The fraction of sp³-hybridized carbons (Fsp3) is 0.647. The fourth-order valence-electron chi connectivity index (χ4n) is 2.10. The van der Waals surface area contributed by atoms with Crippen LogP contribution in [0.5, 0.6) is 0 Å². The van der Waals surface area contributed by atoms with Gasteiger partial charge < -0.3 is 14.8 Å². The standard InChI is InChI=1S/C17H29NO2/c1-6-19-17(20-7-2)12-18-14(5)16-10-8-15(9-11-16)13(3)4/h8-11,13-14,17-18H,6-7,12H2,1-5H3. The van der Waals surface area contributed by atoms with Crippen molar-refractivity contribution in [3.05, 3.63) is 35.4 Å². The maximum absolute atomic E-state index is 5.53. The molecular weight excluding hydrogens is 250 g/mol. The van der Waals surface area contributed by atoms with E-state index in [1.165, 1.54) is 11.1 Å². The molecule has 0 heterocycles. The lowest BCUT2D eigenvalue weighted by atomic mass is 10.00. The molecule has 1 aromatic carbocycles. The van der Waals surface area contributed by atoms with E-state index in [2.05, 4.69) is 50.4 Å². The van der Waals surface area contributed by atoms with Crippen molar-refractivity contribution < 1.29 is 9.47 Å². The molecular formula is C17H29NO2. The second-order valence-electron chi connectivity index (χ2n) is 5.29. The first-order valence-corrected chi connectivity index (χ1v) is 7.64. The average molecular weight is 279 g/mol. The summed E-state index contributed by atoms with van der Waals surface area (Å²) in [6.45, 7) is 12.6. The Morgan fingerprint density at radius 2 is 1.40 bits per heavy atom. The molecule has 0 bridgehead atoms. The zero-order valence-corrected chi connectivity index (χ0v) is 13.5. The first kappa shape index (κ1) is 17.2. The highest BCUT2D eigenvalue weighted by Crippen LogP contribution is 2.18. The minimum Gasteiger partial charge on any atom is -0.352 e. The van der Waals surface area contributed by atoms with Gasteiger partial charge >= 0.3 is 0 Å². The van der Waals surface area contributed by atoms with Crippen LogP contribution in [0.25, 0.3) is 0 Å². The van der Waals surface area contributed by atoms with Crippen LogP contribution in [0.15, 0.2) is 24.3 Å². The van der Waals surface area contributed by atoms with E-state index in [0.29, 0.717) is 31.7 Å². The molecule has 3 heteroatoms. The highest BCUT2D eigenvalue weighted by molar-refractivity contribution is 5.26. The van der Waals surface area contributed by atoms with Gasteiger partial charge in [0.1, 0.15) is 0 Å². The van der Waals surface area contributed by atoms with E-state index in [9.17, 15) is 0 Å². The summed E-state index contributed by atoms with van der Waals surface area (Å²) in [5, 5.41) is 3.47. The van der Waals surface area contributed by atoms with Gasteiger partial charge in [0.25, 0.3) is 0 Å². The monoisotopic (exact) mass is 279 g/mol. The molecule has 1 unspecified atom stereocenters. The molecule has 0 aliphatic rings.